The number of nitrogens with one attached hydrogen (secondary N) is 1. The molecule has 0 aliphatic carbocycles. The first-order valence-electron chi connectivity index (χ1n) is 6.58. The first kappa shape index (κ1) is 12.6. The average molecular weight is 233 g/mol. The van der Waals surface area contributed by atoms with Gasteiger partial charge in [-0.3, -0.25) is 0 Å². The first-order valence-corrected chi connectivity index (χ1v) is 6.58. The maximum atomic E-state index is 10.6. The molecule has 1 aliphatic rings. The summed E-state index contributed by atoms with van der Waals surface area (Å²) in [5.41, 5.74) is 1.58. The SMILES string of the molecule is Cc1cccc(C(C)(O)CC2CCNCC2)c1. The van der Waals surface area contributed by atoms with Gasteiger partial charge in [-0.2, -0.15) is 0 Å². The van der Waals surface area contributed by atoms with E-state index in [9.17, 15) is 5.11 Å². The van der Waals surface area contributed by atoms with Crippen molar-refractivity contribution in [2.24, 2.45) is 5.92 Å². The highest BCUT2D eigenvalue weighted by atomic mass is 16.3. The Morgan fingerprint density at radius 1 is 1.35 bits per heavy atom. The van der Waals surface area contributed by atoms with Crippen molar-refractivity contribution >= 4 is 0 Å². The summed E-state index contributed by atoms with van der Waals surface area (Å²) >= 11 is 0. The molecule has 2 nitrogen and oxygen atoms in total. The van der Waals surface area contributed by atoms with E-state index in [0.717, 1.165) is 25.1 Å². The third-order valence-electron chi connectivity index (χ3n) is 3.78. The van der Waals surface area contributed by atoms with Gasteiger partial charge in [-0.1, -0.05) is 29.8 Å². The zero-order chi connectivity index (χ0) is 12.3. The molecule has 1 aromatic rings. The predicted molar refractivity (Wildman–Crippen MR) is 71.0 cm³/mol. The number of aryl methyl sites for hydroxylation is 1. The van der Waals surface area contributed by atoms with Gasteiger partial charge in [-0.05, 0) is 57.7 Å². The Balaban J connectivity index is 2.06. The second-order valence-corrected chi connectivity index (χ2v) is 5.54. The Bertz CT molecular complexity index is 367. The van der Waals surface area contributed by atoms with E-state index in [0.29, 0.717) is 5.92 Å². The van der Waals surface area contributed by atoms with Crippen molar-refractivity contribution in [1.29, 1.82) is 0 Å². The largest absolute Gasteiger partial charge is 0.385 e. The molecule has 2 N–H and O–H groups in total. The molecule has 17 heavy (non-hydrogen) atoms. The van der Waals surface area contributed by atoms with Crippen LogP contribution in [-0.2, 0) is 5.60 Å². The number of hydrogen-bond donors (Lipinski definition) is 2. The van der Waals surface area contributed by atoms with Gasteiger partial charge in [0.05, 0.1) is 5.60 Å². The maximum absolute atomic E-state index is 10.6. The molecule has 1 saturated heterocycles. The highest BCUT2D eigenvalue weighted by molar-refractivity contribution is 5.27. The van der Waals surface area contributed by atoms with Crippen LogP contribution in [-0.4, -0.2) is 18.2 Å². The summed E-state index contributed by atoms with van der Waals surface area (Å²) in [7, 11) is 0. The second-order valence-electron chi connectivity index (χ2n) is 5.54. The molecule has 2 heteroatoms. The van der Waals surface area contributed by atoms with Crippen LogP contribution >= 0.6 is 0 Å². The van der Waals surface area contributed by atoms with E-state index >= 15 is 0 Å². The van der Waals surface area contributed by atoms with Gasteiger partial charge in [-0.25, -0.2) is 0 Å². The van der Waals surface area contributed by atoms with Crippen molar-refractivity contribution in [3.63, 3.8) is 0 Å². The molecule has 0 saturated carbocycles. The van der Waals surface area contributed by atoms with Crippen molar-refractivity contribution in [2.45, 2.75) is 38.7 Å². The van der Waals surface area contributed by atoms with E-state index in [1.54, 1.807) is 0 Å². The fraction of sp³-hybridized carbons (Fsp3) is 0.600. The minimum Gasteiger partial charge on any atom is -0.385 e. The fourth-order valence-corrected chi connectivity index (χ4v) is 2.75. The molecular weight excluding hydrogens is 210 g/mol. The zero-order valence-corrected chi connectivity index (χ0v) is 10.9. The Hall–Kier alpha value is -0.860. The molecule has 0 amide bonds. The Morgan fingerprint density at radius 3 is 2.71 bits per heavy atom. The molecule has 0 bridgehead atoms. The minimum atomic E-state index is -0.686. The number of rotatable bonds is 3. The van der Waals surface area contributed by atoms with Crippen LogP contribution in [0.3, 0.4) is 0 Å². The van der Waals surface area contributed by atoms with Crippen LogP contribution in [0.15, 0.2) is 24.3 Å². The molecule has 1 atom stereocenters. The fourth-order valence-electron chi connectivity index (χ4n) is 2.75. The lowest BCUT2D eigenvalue weighted by molar-refractivity contribution is 0.0249. The normalized spacial score (nSPS) is 21.1. The van der Waals surface area contributed by atoms with E-state index < -0.39 is 5.60 Å². The van der Waals surface area contributed by atoms with Crippen LogP contribution < -0.4 is 5.32 Å². The maximum Gasteiger partial charge on any atom is 0.0871 e. The molecular formula is C15H23NO. The summed E-state index contributed by atoms with van der Waals surface area (Å²) in [6, 6.07) is 8.24. The van der Waals surface area contributed by atoms with Gasteiger partial charge in [0.1, 0.15) is 0 Å². The van der Waals surface area contributed by atoms with Crippen LogP contribution in [0.4, 0.5) is 0 Å². The van der Waals surface area contributed by atoms with E-state index in [1.807, 2.05) is 19.1 Å². The zero-order valence-electron chi connectivity index (χ0n) is 10.9. The molecule has 94 valence electrons. The van der Waals surface area contributed by atoms with Crippen molar-refractivity contribution in [3.8, 4) is 0 Å². The third-order valence-corrected chi connectivity index (χ3v) is 3.78. The lowest BCUT2D eigenvalue weighted by atomic mass is 9.82. The van der Waals surface area contributed by atoms with Crippen molar-refractivity contribution in [3.05, 3.63) is 35.4 Å². The molecule has 0 radical (unpaired) electrons. The second kappa shape index (κ2) is 5.19. The van der Waals surface area contributed by atoms with Crippen LogP contribution in [0.25, 0.3) is 0 Å². The summed E-state index contributed by atoms with van der Waals surface area (Å²) in [5, 5.41) is 14.0. The van der Waals surface area contributed by atoms with Gasteiger partial charge >= 0.3 is 0 Å². The number of benzene rings is 1. The molecule has 1 fully saturated rings. The highest BCUT2D eigenvalue weighted by Gasteiger charge is 2.28. The molecule has 0 spiro atoms. The quantitative estimate of drug-likeness (QED) is 0.841. The molecule has 2 rings (SSSR count). The summed E-state index contributed by atoms with van der Waals surface area (Å²) in [6.45, 7) is 6.21. The summed E-state index contributed by atoms with van der Waals surface area (Å²) in [5.74, 6) is 0.645. The monoisotopic (exact) mass is 233 g/mol. The highest BCUT2D eigenvalue weighted by Crippen LogP contribution is 2.32. The smallest absolute Gasteiger partial charge is 0.0871 e. The van der Waals surface area contributed by atoms with Gasteiger partial charge in [0.15, 0.2) is 0 Å². The Morgan fingerprint density at radius 2 is 2.06 bits per heavy atom. The van der Waals surface area contributed by atoms with Crippen LogP contribution in [0.1, 0.15) is 37.3 Å². The van der Waals surface area contributed by atoms with Crippen LogP contribution in [0.2, 0.25) is 0 Å². The van der Waals surface area contributed by atoms with Gasteiger partial charge in [0.25, 0.3) is 0 Å². The van der Waals surface area contributed by atoms with Gasteiger partial charge in [0.2, 0.25) is 0 Å². The van der Waals surface area contributed by atoms with E-state index in [-0.39, 0.29) is 0 Å². The predicted octanol–water partition coefficient (Wildman–Crippen LogP) is 2.59. The molecule has 1 aliphatic heterocycles. The average Bonchev–Trinajstić information content (AvgIpc) is 2.30. The van der Waals surface area contributed by atoms with Gasteiger partial charge < -0.3 is 10.4 Å². The van der Waals surface area contributed by atoms with E-state index in [2.05, 4.69) is 24.4 Å². The summed E-state index contributed by atoms with van der Waals surface area (Å²) in [4.78, 5) is 0. The standard InChI is InChI=1S/C15H23NO/c1-12-4-3-5-14(10-12)15(2,17)11-13-6-8-16-9-7-13/h3-5,10,13,16-17H,6-9,11H2,1-2H3. The van der Waals surface area contributed by atoms with E-state index in [1.165, 1.54) is 18.4 Å². The van der Waals surface area contributed by atoms with Gasteiger partial charge in [-0.15, -0.1) is 0 Å². The van der Waals surface area contributed by atoms with E-state index in [4.69, 9.17) is 0 Å². The number of aliphatic hydroxyl groups is 1. The van der Waals surface area contributed by atoms with Crippen LogP contribution in [0, 0.1) is 12.8 Å². The molecule has 1 heterocycles. The minimum absolute atomic E-state index is 0.645. The molecule has 1 aromatic carbocycles. The Kier molecular flexibility index (Phi) is 3.85. The van der Waals surface area contributed by atoms with Crippen molar-refractivity contribution in [2.75, 3.05) is 13.1 Å². The van der Waals surface area contributed by atoms with Crippen molar-refractivity contribution < 1.29 is 5.11 Å². The van der Waals surface area contributed by atoms with Crippen molar-refractivity contribution in [1.82, 2.24) is 5.32 Å². The lowest BCUT2D eigenvalue weighted by Crippen LogP contribution is -2.32. The Labute approximate surface area is 104 Å². The number of hydrogen-bond acceptors (Lipinski definition) is 2. The topological polar surface area (TPSA) is 32.3 Å². The van der Waals surface area contributed by atoms with Gasteiger partial charge in [0, 0.05) is 0 Å². The summed E-state index contributed by atoms with van der Waals surface area (Å²) < 4.78 is 0. The summed E-state index contributed by atoms with van der Waals surface area (Å²) in [6.07, 6.45) is 3.24. The number of piperidine rings is 1. The lowest BCUT2D eigenvalue weighted by Gasteiger charge is -2.31. The third kappa shape index (κ3) is 3.30. The molecule has 1 unspecified atom stereocenters. The molecule has 0 aromatic heterocycles. The first-order chi connectivity index (χ1) is 8.08. The van der Waals surface area contributed by atoms with Crippen LogP contribution in [0.5, 0.6) is 0 Å².